The molecule has 39 heavy (non-hydrogen) atoms. The minimum Gasteiger partial charge on any atom is -0.458 e. The van der Waals surface area contributed by atoms with Crippen molar-refractivity contribution >= 4 is 28.7 Å². The number of nitrogens with zero attached hydrogens (tertiary/aromatic N) is 3. The minimum atomic E-state index is -1.92. The fourth-order valence-electron chi connectivity index (χ4n) is 4.91. The molecule has 196 valence electrons. The Morgan fingerprint density at radius 3 is 2.67 bits per heavy atom. The van der Waals surface area contributed by atoms with Gasteiger partial charge in [-0.2, -0.15) is 0 Å². The first-order valence-electron chi connectivity index (χ1n) is 11.9. The van der Waals surface area contributed by atoms with Gasteiger partial charge >= 0.3 is 12.1 Å². The van der Waals surface area contributed by atoms with Gasteiger partial charge in [0.1, 0.15) is 18.1 Å². The van der Waals surface area contributed by atoms with Crippen molar-refractivity contribution < 1.29 is 33.8 Å². The second-order valence-corrected chi connectivity index (χ2v) is 9.13. The summed E-state index contributed by atoms with van der Waals surface area (Å²) in [5.41, 5.74) is 0.0961. The van der Waals surface area contributed by atoms with Gasteiger partial charge in [-0.25, -0.2) is 14.6 Å². The Morgan fingerprint density at radius 1 is 1.18 bits per heavy atom. The van der Waals surface area contributed by atoms with Crippen molar-refractivity contribution in [3.05, 3.63) is 91.8 Å². The standard InChI is InChI=1S/C27H19N3O9/c1-2-27(34)19-11-21-23-14(12-29(21)24(31)18(19)13-37-25(27)32)10-17-20(28-23)4-3-5-22(17)39-26(33)38-16-8-6-15(7-9-16)30(35)36/h3-11,34H,2,12-13H2,1H3/t27-/m0/s1. The third-order valence-electron chi connectivity index (χ3n) is 6.95. The van der Waals surface area contributed by atoms with Gasteiger partial charge in [-0.05, 0) is 42.8 Å². The molecule has 2 aliphatic rings. The highest BCUT2D eigenvalue weighted by Crippen LogP contribution is 2.39. The lowest BCUT2D eigenvalue weighted by Crippen LogP contribution is -2.44. The van der Waals surface area contributed by atoms with Gasteiger partial charge in [-0.15, -0.1) is 0 Å². The van der Waals surface area contributed by atoms with Crippen molar-refractivity contribution in [1.82, 2.24) is 9.55 Å². The largest absolute Gasteiger partial charge is 0.519 e. The van der Waals surface area contributed by atoms with E-state index in [1.165, 1.54) is 28.8 Å². The van der Waals surface area contributed by atoms with Crippen molar-refractivity contribution in [3.8, 4) is 22.9 Å². The normalized spacial score (nSPS) is 17.1. The molecule has 12 heteroatoms. The summed E-state index contributed by atoms with van der Waals surface area (Å²) in [6, 6.07) is 13.2. The van der Waals surface area contributed by atoms with E-state index in [1.807, 2.05) is 0 Å². The number of nitro groups is 1. The maximum atomic E-state index is 13.3. The summed E-state index contributed by atoms with van der Waals surface area (Å²) >= 11 is 0. The highest BCUT2D eigenvalue weighted by molar-refractivity contribution is 5.91. The molecule has 0 aliphatic carbocycles. The Labute approximate surface area is 219 Å². The van der Waals surface area contributed by atoms with E-state index in [-0.39, 0.29) is 53.4 Å². The van der Waals surface area contributed by atoms with Crippen LogP contribution in [0.1, 0.15) is 30.0 Å². The van der Waals surface area contributed by atoms with Gasteiger partial charge in [0.2, 0.25) is 0 Å². The van der Waals surface area contributed by atoms with E-state index >= 15 is 0 Å². The van der Waals surface area contributed by atoms with Crippen LogP contribution in [-0.2, 0) is 28.3 Å². The summed E-state index contributed by atoms with van der Waals surface area (Å²) in [5.74, 6) is -0.566. The first kappa shape index (κ1) is 24.2. The number of benzene rings is 2. The molecular weight excluding hydrogens is 510 g/mol. The Balaban J connectivity index is 1.35. The molecule has 1 N–H and O–H groups in total. The number of aliphatic hydroxyl groups is 1. The maximum absolute atomic E-state index is 13.3. The van der Waals surface area contributed by atoms with E-state index in [9.17, 15) is 29.6 Å². The molecule has 0 saturated carbocycles. The monoisotopic (exact) mass is 529 g/mol. The van der Waals surface area contributed by atoms with Gasteiger partial charge in [0, 0.05) is 28.6 Å². The zero-order valence-electron chi connectivity index (χ0n) is 20.4. The first-order valence-corrected chi connectivity index (χ1v) is 11.9. The number of rotatable bonds is 4. The van der Waals surface area contributed by atoms with Crippen molar-refractivity contribution in [2.24, 2.45) is 0 Å². The molecule has 0 radical (unpaired) electrons. The Kier molecular flexibility index (Phi) is 5.43. The number of aromatic nitrogens is 2. The van der Waals surface area contributed by atoms with Gasteiger partial charge in [0.25, 0.3) is 11.2 Å². The van der Waals surface area contributed by atoms with Crippen LogP contribution in [0.5, 0.6) is 11.5 Å². The second-order valence-electron chi connectivity index (χ2n) is 9.13. The van der Waals surface area contributed by atoms with E-state index in [4.69, 9.17) is 19.2 Å². The zero-order valence-corrected chi connectivity index (χ0v) is 20.4. The number of pyridine rings is 2. The summed E-state index contributed by atoms with van der Waals surface area (Å²) in [6.07, 6.45) is -1.01. The number of carbonyl (C=O) groups excluding carboxylic acids is 2. The average Bonchev–Trinajstić information content (AvgIpc) is 3.28. The molecule has 0 unspecified atom stereocenters. The Morgan fingerprint density at radius 2 is 1.95 bits per heavy atom. The summed E-state index contributed by atoms with van der Waals surface area (Å²) < 4.78 is 17.2. The number of ether oxygens (including phenoxy) is 3. The fourth-order valence-corrected chi connectivity index (χ4v) is 4.91. The van der Waals surface area contributed by atoms with Crippen LogP contribution in [-0.4, -0.2) is 31.7 Å². The first-order chi connectivity index (χ1) is 18.7. The molecule has 1 atom stereocenters. The lowest BCUT2D eigenvalue weighted by atomic mass is 9.86. The molecule has 4 heterocycles. The molecule has 0 spiro atoms. The molecule has 0 amide bonds. The topological polar surface area (TPSA) is 160 Å². The Hall–Kier alpha value is -5.10. The number of esters is 1. The van der Waals surface area contributed by atoms with Crippen LogP contribution in [0, 0.1) is 10.1 Å². The summed E-state index contributed by atoms with van der Waals surface area (Å²) in [6.45, 7) is 1.59. The van der Waals surface area contributed by atoms with E-state index in [0.717, 1.165) is 0 Å². The third kappa shape index (κ3) is 3.80. The molecule has 2 aromatic heterocycles. The fraction of sp³-hybridized carbons (Fsp3) is 0.185. The summed E-state index contributed by atoms with van der Waals surface area (Å²) in [7, 11) is 0. The molecule has 0 fully saturated rings. The second kappa shape index (κ2) is 8.74. The number of carbonyl (C=O) groups is 2. The SMILES string of the molecule is CC[C@@]1(O)C(=O)OCc2c1cc1n(c2=O)Cc2cc3c(OC(=O)Oc4ccc([N+](=O)[O-])cc4)cccc3nc2-1. The smallest absolute Gasteiger partial charge is 0.458 e. The highest BCUT2D eigenvalue weighted by Gasteiger charge is 2.45. The lowest BCUT2D eigenvalue weighted by Gasteiger charge is -2.31. The molecule has 0 saturated heterocycles. The number of fused-ring (bicyclic) bond motifs is 5. The molecule has 4 aromatic rings. The number of non-ortho nitro benzene ring substituents is 1. The van der Waals surface area contributed by atoms with Crippen LogP contribution in [0.15, 0.2) is 59.4 Å². The van der Waals surface area contributed by atoms with Crippen LogP contribution in [0.25, 0.3) is 22.3 Å². The molecule has 6 rings (SSSR count). The molecule has 2 aromatic carbocycles. The predicted octanol–water partition coefficient (Wildman–Crippen LogP) is 3.57. The quantitative estimate of drug-likeness (QED) is 0.158. The van der Waals surface area contributed by atoms with Crippen LogP contribution in [0.4, 0.5) is 10.5 Å². The van der Waals surface area contributed by atoms with Crippen LogP contribution in [0.2, 0.25) is 0 Å². The van der Waals surface area contributed by atoms with Crippen LogP contribution < -0.4 is 15.0 Å². The van der Waals surface area contributed by atoms with Crippen molar-refractivity contribution in [3.63, 3.8) is 0 Å². The third-order valence-corrected chi connectivity index (χ3v) is 6.95. The van der Waals surface area contributed by atoms with Gasteiger partial charge in [0.05, 0.1) is 33.9 Å². The van der Waals surface area contributed by atoms with Crippen molar-refractivity contribution in [2.45, 2.75) is 32.1 Å². The van der Waals surface area contributed by atoms with Crippen LogP contribution >= 0.6 is 0 Å². The van der Waals surface area contributed by atoms with E-state index in [1.54, 1.807) is 37.3 Å². The van der Waals surface area contributed by atoms with E-state index in [0.29, 0.717) is 27.9 Å². The molecule has 2 aliphatic heterocycles. The minimum absolute atomic E-state index is 0.0381. The van der Waals surface area contributed by atoms with Gasteiger partial charge in [-0.3, -0.25) is 14.9 Å². The van der Waals surface area contributed by atoms with E-state index in [2.05, 4.69) is 0 Å². The molecule has 0 bridgehead atoms. The number of hydrogen-bond donors (Lipinski definition) is 1. The number of cyclic esters (lactones) is 1. The summed E-state index contributed by atoms with van der Waals surface area (Å²) in [5, 5.41) is 22.3. The predicted molar refractivity (Wildman–Crippen MR) is 134 cm³/mol. The van der Waals surface area contributed by atoms with Crippen molar-refractivity contribution in [2.75, 3.05) is 0 Å². The van der Waals surface area contributed by atoms with E-state index < -0.39 is 22.6 Å². The lowest BCUT2D eigenvalue weighted by molar-refractivity contribution is -0.384. The molecule has 12 nitrogen and oxygen atoms in total. The Bertz CT molecular complexity index is 1780. The summed E-state index contributed by atoms with van der Waals surface area (Å²) in [4.78, 5) is 53.1. The average molecular weight is 529 g/mol. The number of nitro benzene ring substituents is 1. The molecular formula is C27H19N3O9. The van der Waals surface area contributed by atoms with Crippen LogP contribution in [0.3, 0.4) is 0 Å². The van der Waals surface area contributed by atoms with Crippen molar-refractivity contribution in [1.29, 1.82) is 0 Å². The highest BCUT2D eigenvalue weighted by atomic mass is 16.7. The zero-order chi connectivity index (χ0) is 27.5. The van der Waals surface area contributed by atoms with Gasteiger partial charge in [0.15, 0.2) is 5.60 Å². The maximum Gasteiger partial charge on any atom is 0.519 e. The van der Waals surface area contributed by atoms with Gasteiger partial charge < -0.3 is 23.9 Å². The van der Waals surface area contributed by atoms with Gasteiger partial charge in [-0.1, -0.05) is 13.0 Å². The number of hydrogen-bond acceptors (Lipinski definition) is 10.